The number of fused-ring (bicyclic) bond motifs is 1. The van der Waals surface area contributed by atoms with Gasteiger partial charge in [0.1, 0.15) is 5.52 Å². The summed E-state index contributed by atoms with van der Waals surface area (Å²) >= 11 is 0. The molecule has 0 N–H and O–H groups in total. The minimum absolute atomic E-state index is 0.262. The molecule has 4 rings (SSSR count). The molecule has 0 bridgehead atoms. The molecule has 1 atom stereocenters. The number of aromatic nitrogens is 1. The van der Waals surface area contributed by atoms with Crippen molar-refractivity contribution in [3.63, 3.8) is 0 Å². The number of anilines is 2. The number of hydrogen-bond acceptors (Lipinski definition) is 5. The third kappa shape index (κ3) is 3.80. The molecule has 0 saturated heterocycles. The van der Waals surface area contributed by atoms with Crippen molar-refractivity contribution in [1.29, 1.82) is 0 Å². The lowest BCUT2D eigenvalue weighted by molar-refractivity contribution is -0.126. The summed E-state index contributed by atoms with van der Waals surface area (Å²) in [6, 6.07) is 23.6. The monoisotopic (exact) mass is 400 g/mol. The van der Waals surface area contributed by atoms with Crippen molar-refractivity contribution in [3.8, 4) is 0 Å². The van der Waals surface area contributed by atoms with Gasteiger partial charge >= 0.3 is 5.97 Å². The Morgan fingerprint density at radius 2 is 1.57 bits per heavy atom. The molecule has 1 amide bonds. The van der Waals surface area contributed by atoms with E-state index in [1.54, 1.807) is 30.0 Å². The molecule has 4 aromatic rings. The van der Waals surface area contributed by atoms with Crippen molar-refractivity contribution in [3.05, 3.63) is 90.8 Å². The maximum absolute atomic E-state index is 13.5. The Balaban J connectivity index is 1.64. The van der Waals surface area contributed by atoms with E-state index in [2.05, 4.69) is 4.98 Å². The fourth-order valence-corrected chi connectivity index (χ4v) is 3.25. The number of para-hydroxylation sites is 3. The first-order valence-corrected chi connectivity index (χ1v) is 9.66. The van der Waals surface area contributed by atoms with Crippen LogP contribution in [0.2, 0.25) is 0 Å². The number of carbonyl (C=O) groups excluding carboxylic acids is 2. The molecule has 30 heavy (non-hydrogen) atoms. The topological polar surface area (TPSA) is 72.6 Å². The minimum Gasteiger partial charge on any atom is -0.449 e. The molecule has 0 saturated carbocycles. The molecular weight excluding hydrogens is 380 g/mol. The summed E-state index contributed by atoms with van der Waals surface area (Å²) in [5, 5.41) is 0. The molecule has 6 nitrogen and oxygen atoms in total. The van der Waals surface area contributed by atoms with Crippen LogP contribution >= 0.6 is 0 Å². The second kappa shape index (κ2) is 8.61. The Labute approximate surface area is 173 Å². The van der Waals surface area contributed by atoms with E-state index in [1.165, 1.54) is 6.39 Å². The first kappa shape index (κ1) is 19.4. The van der Waals surface area contributed by atoms with Gasteiger partial charge < -0.3 is 9.15 Å². The summed E-state index contributed by atoms with van der Waals surface area (Å²) in [5.74, 6) is -0.939. The van der Waals surface area contributed by atoms with Crippen molar-refractivity contribution in [2.24, 2.45) is 0 Å². The third-order valence-corrected chi connectivity index (χ3v) is 4.73. The van der Waals surface area contributed by atoms with Gasteiger partial charge in [0.15, 0.2) is 18.1 Å². The fourth-order valence-electron chi connectivity index (χ4n) is 3.25. The quantitative estimate of drug-likeness (QED) is 0.420. The van der Waals surface area contributed by atoms with Crippen LogP contribution in [0.25, 0.3) is 11.1 Å². The van der Waals surface area contributed by atoms with Crippen molar-refractivity contribution >= 4 is 34.4 Å². The molecular formula is C24H20N2O4. The van der Waals surface area contributed by atoms with Crippen LogP contribution in [-0.2, 0) is 9.53 Å². The number of ether oxygens (including phenoxy) is 1. The predicted molar refractivity (Wildman–Crippen MR) is 114 cm³/mol. The van der Waals surface area contributed by atoms with E-state index in [9.17, 15) is 9.59 Å². The van der Waals surface area contributed by atoms with Crippen molar-refractivity contribution in [1.82, 2.24) is 4.98 Å². The molecule has 0 fully saturated rings. The molecule has 0 aliphatic heterocycles. The van der Waals surface area contributed by atoms with Gasteiger partial charge in [-0.25, -0.2) is 9.78 Å². The smallest absolute Gasteiger partial charge is 0.341 e. The van der Waals surface area contributed by atoms with Gasteiger partial charge in [0.05, 0.1) is 5.56 Å². The van der Waals surface area contributed by atoms with Crippen LogP contribution in [0.5, 0.6) is 0 Å². The number of benzene rings is 3. The van der Waals surface area contributed by atoms with E-state index in [0.717, 1.165) is 0 Å². The summed E-state index contributed by atoms with van der Waals surface area (Å²) in [6.07, 6.45) is 0.645. The highest BCUT2D eigenvalue weighted by Gasteiger charge is 2.29. The summed E-state index contributed by atoms with van der Waals surface area (Å²) in [5.41, 5.74) is 2.55. The molecule has 150 valence electrons. The molecule has 0 aliphatic rings. The number of rotatable bonds is 6. The molecule has 1 heterocycles. The average Bonchev–Trinajstić information content (AvgIpc) is 3.28. The Morgan fingerprint density at radius 1 is 0.933 bits per heavy atom. The normalized spacial score (nSPS) is 11.8. The summed E-state index contributed by atoms with van der Waals surface area (Å²) < 4.78 is 10.9. The highest BCUT2D eigenvalue weighted by atomic mass is 16.5. The van der Waals surface area contributed by atoms with E-state index < -0.39 is 12.1 Å². The van der Waals surface area contributed by atoms with Crippen LogP contribution in [-0.4, -0.2) is 23.0 Å². The van der Waals surface area contributed by atoms with Gasteiger partial charge in [0.2, 0.25) is 0 Å². The summed E-state index contributed by atoms with van der Waals surface area (Å²) in [4.78, 5) is 32.0. The van der Waals surface area contributed by atoms with Gasteiger partial charge in [-0.1, -0.05) is 49.4 Å². The summed E-state index contributed by atoms with van der Waals surface area (Å²) in [6.45, 7) is 1.81. The van der Waals surface area contributed by atoms with Crippen molar-refractivity contribution < 1.29 is 18.7 Å². The maximum Gasteiger partial charge on any atom is 0.341 e. The Morgan fingerprint density at radius 3 is 2.17 bits per heavy atom. The number of esters is 1. The minimum atomic E-state index is -0.958. The van der Waals surface area contributed by atoms with Gasteiger partial charge in [-0.15, -0.1) is 0 Å². The molecule has 1 unspecified atom stereocenters. The lowest BCUT2D eigenvalue weighted by atomic mass is 10.1. The van der Waals surface area contributed by atoms with Gasteiger partial charge in [0, 0.05) is 11.4 Å². The second-order valence-electron chi connectivity index (χ2n) is 6.65. The zero-order valence-electron chi connectivity index (χ0n) is 16.4. The lowest BCUT2D eigenvalue weighted by Gasteiger charge is -2.27. The zero-order valence-corrected chi connectivity index (χ0v) is 16.4. The van der Waals surface area contributed by atoms with Gasteiger partial charge in [-0.3, -0.25) is 9.69 Å². The second-order valence-corrected chi connectivity index (χ2v) is 6.65. The summed E-state index contributed by atoms with van der Waals surface area (Å²) in [7, 11) is 0. The van der Waals surface area contributed by atoms with Crippen LogP contribution in [0, 0.1) is 0 Å². The van der Waals surface area contributed by atoms with Gasteiger partial charge in [-0.05, 0) is 42.8 Å². The fraction of sp³-hybridized carbons (Fsp3) is 0.125. The largest absolute Gasteiger partial charge is 0.449 e. The molecule has 1 aromatic heterocycles. The third-order valence-electron chi connectivity index (χ3n) is 4.73. The number of amides is 1. The number of nitrogens with zero attached hydrogens (tertiary/aromatic N) is 2. The Kier molecular flexibility index (Phi) is 5.57. The van der Waals surface area contributed by atoms with E-state index >= 15 is 0 Å². The number of hydrogen-bond donors (Lipinski definition) is 0. The highest BCUT2D eigenvalue weighted by Crippen LogP contribution is 2.27. The average molecular weight is 400 g/mol. The number of carbonyl (C=O) groups is 2. The Bertz CT molecular complexity index is 1120. The first-order valence-electron chi connectivity index (χ1n) is 9.66. The predicted octanol–water partition coefficient (Wildman–Crippen LogP) is 5.13. The number of oxazole rings is 1. The van der Waals surface area contributed by atoms with E-state index in [4.69, 9.17) is 9.15 Å². The van der Waals surface area contributed by atoms with Crippen LogP contribution in [0.3, 0.4) is 0 Å². The standard InChI is InChI=1S/C24H20N2O4/c1-2-20(30-24(28)19-14-9-15-21-22(19)25-16-29-21)23(27)26(17-10-5-3-6-11-17)18-12-7-4-8-13-18/h3-16,20H,2H2,1H3. The maximum atomic E-state index is 13.5. The molecule has 0 aliphatic carbocycles. The van der Waals surface area contributed by atoms with Gasteiger partial charge in [-0.2, -0.15) is 0 Å². The van der Waals surface area contributed by atoms with Crippen LogP contribution in [0.15, 0.2) is 89.7 Å². The lowest BCUT2D eigenvalue weighted by Crippen LogP contribution is -2.38. The van der Waals surface area contributed by atoms with Crippen LogP contribution < -0.4 is 4.90 Å². The highest BCUT2D eigenvalue weighted by molar-refractivity contribution is 6.06. The van der Waals surface area contributed by atoms with Crippen LogP contribution in [0.1, 0.15) is 23.7 Å². The molecule has 6 heteroatoms. The molecule has 0 radical (unpaired) electrons. The Hall–Kier alpha value is -3.93. The molecule has 0 spiro atoms. The van der Waals surface area contributed by atoms with Crippen molar-refractivity contribution in [2.45, 2.75) is 19.4 Å². The van der Waals surface area contributed by atoms with E-state index in [-0.39, 0.29) is 11.5 Å². The molecule has 3 aromatic carbocycles. The van der Waals surface area contributed by atoms with Gasteiger partial charge in [0.25, 0.3) is 5.91 Å². The van der Waals surface area contributed by atoms with Crippen LogP contribution in [0.4, 0.5) is 11.4 Å². The van der Waals surface area contributed by atoms with E-state index in [1.807, 2.05) is 60.7 Å². The first-order chi connectivity index (χ1) is 14.7. The van der Waals surface area contributed by atoms with Crippen molar-refractivity contribution in [2.75, 3.05) is 4.90 Å². The SMILES string of the molecule is CCC(OC(=O)c1cccc2ocnc12)C(=O)N(c1ccccc1)c1ccccc1. The zero-order chi connectivity index (χ0) is 20.9. The van der Waals surface area contributed by atoms with E-state index in [0.29, 0.717) is 28.9 Å².